The normalized spacial score (nSPS) is 14.9. The van der Waals surface area contributed by atoms with E-state index in [0.717, 1.165) is 28.8 Å². The third-order valence-electron chi connectivity index (χ3n) is 6.39. The summed E-state index contributed by atoms with van der Waals surface area (Å²) < 4.78 is 0. The number of carbonyl (C=O) groups excluding carboxylic acids is 2. The summed E-state index contributed by atoms with van der Waals surface area (Å²) in [6, 6.07) is 13.4. The molecule has 0 N–H and O–H groups in total. The van der Waals surface area contributed by atoms with E-state index in [1.807, 2.05) is 66.1 Å². The second-order valence-corrected chi connectivity index (χ2v) is 9.86. The van der Waals surface area contributed by atoms with Gasteiger partial charge in [-0.3, -0.25) is 9.59 Å². The zero-order valence-corrected chi connectivity index (χ0v) is 20.2. The number of rotatable bonds is 2. The first-order valence-corrected chi connectivity index (χ1v) is 11.6. The quantitative estimate of drug-likeness (QED) is 0.582. The number of nitrogens with zero attached hydrogens (tertiary/aromatic N) is 4. The standard InChI is InChI=1S/C27H32N4O2/c1-18-19(2)29-24-17-21(9-12-23(24)28-18)26(33)31-14-6-13-30(15-16-31)25(32)20-7-10-22(11-8-20)27(3,4)5/h7-12,17H,6,13-16H2,1-5H3. The molecule has 0 bridgehead atoms. The van der Waals surface area contributed by atoms with Gasteiger partial charge >= 0.3 is 0 Å². The van der Waals surface area contributed by atoms with Crippen molar-refractivity contribution in [3.63, 3.8) is 0 Å². The molecule has 33 heavy (non-hydrogen) atoms. The second-order valence-electron chi connectivity index (χ2n) is 9.86. The van der Waals surface area contributed by atoms with Gasteiger partial charge in [0, 0.05) is 37.3 Å². The van der Waals surface area contributed by atoms with Gasteiger partial charge in [0.15, 0.2) is 0 Å². The molecule has 4 rings (SSSR count). The van der Waals surface area contributed by atoms with Crippen LogP contribution < -0.4 is 0 Å². The average Bonchev–Trinajstić information content (AvgIpc) is 3.04. The lowest BCUT2D eigenvalue weighted by Crippen LogP contribution is -2.37. The Morgan fingerprint density at radius 2 is 1.24 bits per heavy atom. The largest absolute Gasteiger partial charge is 0.337 e. The van der Waals surface area contributed by atoms with Crippen molar-refractivity contribution in [1.29, 1.82) is 0 Å². The molecule has 2 heterocycles. The number of hydrogen-bond donors (Lipinski definition) is 0. The molecule has 1 fully saturated rings. The van der Waals surface area contributed by atoms with Crippen LogP contribution in [0.15, 0.2) is 42.5 Å². The van der Waals surface area contributed by atoms with E-state index >= 15 is 0 Å². The van der Waals surface area contributed by atoms with Crippen LogP contribution in [0, 0.1) is 13.8 Å². The molecule has 6 heteroatoms. The topological polar surface area (TPSA) is 66.4 Å². The molecule has 1 aromatic heterocycles. The van der Waals surface area contributed by atoms with Crippen LogP contribution in [0.5, 0.6) is 0 Å². The van der Waals surface area contributed by atoms with Gasteiger partial charge in [0.05, 0.1) is 22.4 Å². The summed E-state index contributed by atoms with van der Waals surface area (Å²) in [7, 11) is 0. The molecular weight excluding hydrogens is 412 g/mol. The van der Waals surface area contributed by atoms with Gasteiger partial charge in [-0.1, -0.05) is 32.9 Å². The van der Waals surface area contributed by atoms with Crippen LogP contribution in [0.25, 0.3) is 11.0 Å². The summed E-state index contributed by atoms with van der Waals surface area (Å²) >= 11 is 0. The van der Waals surface area contributed by atoms with Crippen molar-refractivity contribution >= 4 is 22.8 Å². The Kier molecular flexibility index (Phi) is 6.19. The van der Waals surface area contributed by atoms with Crippen molar-refractivity contribution in [2.75, 3.05) is 26.2 Å². The lowest BCUT2D eigenvalue weighted by molar-refractivity contribution is 0.0719. The maximum atomic E-state index is 13.2. The highest BCUT2D eigenvalue weighted by Gasteiger charge is 2.24. The lowest BCUT2D eigenvalue weighted by atomic mass is 9.86. The van der Waals surface area contributed by atoms with Crippen molar-refractivity contribution in [2.45, 2.75) is 46.5 Å². The zero-order chi connectivity index (χ0) is 23.8. The molecule has 0 spiro atoms. The number of aromatic nitrogens is 2. The van der Waals surface area contributed by atoms with E-state index in [-0.39, 0.29) is 17.2 Å². The van der Waals surface area contributed by atoms with Crippen molar-refractivity contribution in [2.24, 2.45) is 0 Å². The number of hydrogen-bond acceptors (Lipinski definition) is 4. The first-order valence-electron chi connectivity index (χ1n) is 11.6. The van der Waals surface area contributed by atoms with Crippen molar-refractivity contribution in [3.05, 3.63) is 70.5 Å². The third-order valence-corrected chi connectivity index (χ3v) is 6.39. The summed E-state index contributed by atoms with van der Waals surface area (Å²) in [5.74, 6) is -0.00246. The molecule has 0 aliphatic carbocycles. The Morgan fingerprint density at radius 3 is 1.82 bits per heavy atom. The van der Waals surface area contributed by atoms with Gasteiger partial charge in [-0.2, -0.15) is 0 Å². The molecule has 3 aromatic rings. The smallest absolute Gasteiger partial charge is 0.253 e. The molecule has 6 nitrogen and oxygen atoms in total. The summed E-state index contributed by atoms with van der Waals surface area (Å²) in [5, 5.41) is 0. The highest BCUT2D eigenvalue weighted by Crippen LogP contribution is 2.23. The second kappa shape index (κ2) is 8.93. The molecule has 0 atom stereocenters. The van der Waals surface area contributed by atoms with E-state index < -0.39 is 0 Å². The highest BCUT2D eigenvalue weighted by atomic mass is 16.2. The number of amides is 2. The summed E-state index contributed by atoms with van der Waals surface area (Å²) in [4.78, 5) is 39.1. The van der Waals surface area contributed by atoms with Crippen molar-refractivity contribution < 1.29 is 9.59 Å². The fourth-order valence-corrected chi connectivity index (χ4v) is 4.17. The molecule has 1 saturated heterocycles. The highest BCUT2D eigenvalue weighted by molar-refractivity contribution is 5.97. The molecule has 2 amide bonds. The van der Waals surface area contributed by atoms with Crippen LogP contribution in [0.4, 0.5) is 0 Å². The molecule has 172 valence electrons. The SMILES string of the molecule is Cc1nc2ccc(C(=O)N3CCCN(C(=O)c4ccc(C(C)(C)C)cc4)CC3)cc2nc1C. The maximum Gasteiger partial charge on any atom is 0.253 e. The number of carbonyl (C=O) groups is 2. The van der Waals surface area contributed by atoms with E-state index in [4.69, 9.17) is 0 Å². The lowest BCUT2D eigenvalue weighted by Gasteiger charge is -2.23. The number of benzene rings is 2. The maximum absolute atomic E-state index is 13.2. The Labute approximate surface area is 195 Å². The van der Waals surface area contributed by atoms with Gasteiger partial charge in [-0.15, -0.1) is 0 Å². The van der Waals surface area contributed by atoms with E-state index in [1.165, 1.54) is 5.56 Å². The molecule has 2 aromatic carbocycles. The van der Waals surface area contributed by atoms with E-state index in [0.29, 0.717) is 37.3 Å². The van der Waals surface area contributed by atoms with Crippen LogP contribution in [0.1, 0.15) is 64.9 Å². The molecule has 0 unspecified atom stereocenters. The van der Waals surface area contributed by atoms with E-state index in [9.17, 15) is 9.59 Å². The zero-order valence-electron chi connectivity index (χ0n) is 20.2. The van der Waals surface area contributed by atoms with Gasteiger partial charge < -0.3 is 9.80 Å². The summed E-state index contributed by atoms with van der Waals surface area (Å²) in [6.45, 7) is 12.7. The Bertz CT molecular complexity index is 1200. The number of aryl methyl sites for hydroxylation is 2. The minimum Gasteiger partial charge on any atom is -0.337 e. The van der Waals surface area contributed by atoms with Crippen LogP contribution in [-0.4, -0.2) is 57.8 Å². The Balaban J connectivity index is 1.45. The van der Waals surface area contributed by atoms with Crippen molar-refractivity contribution in [1.82, 2.24) is 19.8 Å². The third kappa shape index (κ3) is 4.90. The van der Waals surface area contributed by atoms with Gasteiger partial charge in [-0.25, -0.2) is 9.97 Å². The molecule has 1 aliphatic heterocycles. The average molecular weight is 445 g/mol. The monoisotopic (exact) mass is 444 g/mol. The Hall–Kier alpha value is -3.28. The first kappa shape index (κ1) is 22.9. The predicted molar refractivity (Wildman–Crippen MR) is 131 cm³/mol. The summed E-state index contributed by atoms with van der Waals surface area (Å²) in [5.41, 5.74) is 5.85. The Morgan fingerprint density at radius 1 is 0.727 bits per heavy atom. The van der Waals surface area contributed by atoms with Gasteiger partial charge in [0.25, 0.3) is 11.8 Å². The van der Waals surface area contributed by atoms with E-state index in [1.54, 1.807) is 0 Å². The van der Waals surface area contributed by atoms with Crippen LogP contribution in [0.2, 0.25) is 0 Å². The predicted octanol–water partition coefficient (Wildman–Crippen LogP) is 4.53. The minimum absolute atomic E-state index is 0.0246. The summed E-state index contributed by atoms with van der Waals surface area (Å²) in [6.07, 6.45) is 0.753. The number of fused-ring (bicyclic) bond motifs is 1. The van der Waals surface area contributed by atoms with Gasteiger partial charge in [0.1, 0.15) is 0 Å². The molecule has 0 radical (unpaired) electrons. The molecule has 0 saturated carbocycles. The fourth-order valence-electron chi connectivity index (χ4n) is 4.17. The van der Waals surface area contributed by atoms with Gasteiger partial charge in [-0.05, 0) is 61.6 Å². The minimum atomic E-state index is -0.0271. The fraction of sp³-hybridized carbons (Fsp3) is 0.407. The van der Waals surface area contributed by atoms with Crippen LogP contribution in [-0.2, 0) is 5.41 Å². The molecular formula is C27H32N4O2. The van der Waals surface area contributed by atoms with Crippen molar-refractivity contribution in [3.8, 4) is 0 Å². The van der Waals surface area contributed by atoms with Gasteiger partial charge in [0.2, 0.25) is 0 Å². The van der Waals surface area contributed by atoms with Crippen LogP contribution in [0.3, 0.4) is 0 Å². The van der Waals surface area contributed by atoms with E-state index in [2.05, 4.69) is 30.7 Å². The van der Waals surface area contributed by atoms with Crippen LogP contribution >= 0.6 is 0 Å². The first-order chi connectivity index (χ1) is 15.6. The molecule has 1 aliphatic rings.